The van der Waals surface area contributed by atoms with E-state index < -0.39 is 0 Å². The molecular weight excluding hydrogens is 430 g/mol. The Morgan fingerprint density at radius 2 is 1.76 bits per heavy atom. The lowest BCUT2D eigenvalue weighted by atomic mass is 10.1. The van der Waals surface area contributed by atoms with Gasteiger partial charge in [-0.15, -0.1) is 0 Å². The van der Waals surface area contributed by atoms with Crippen molar-refractivity contribution in [1.82, 2.24) is 9.78 Å². The van der Waals surface area contributed by atoms with Crippen LogP contribution < -0.4 is 14.8 Å². The summed E-state index contributed by atoms with van der Waals surface area (Å²) in [4.78, 5) is 12.8. The van der Waals surface area contributed by atoms with Gasteiger partial charge in [0.25, 0.3) is 5.91 Å². The fraction of sp³-hybridized carbons (Fsp3) is 0.259. The van der Waals surface area contributed by atoms with Gasteiger partial charge >= 0.3 is 0 Å². The minimum absolute atomic E-state index is 0.221. The van der Waals surface area contributed by atoms with Crippen LogP contribution in [0.2, 0.25) is 0 Å². The highest BCUT2D eigenvalue weighted by molar-refractivity contribution is 6.02. The van der Waals surface area contributed by atoms with Crippen molar-refractivity contribution in [1.29, 1.82) is 0 Å². The van der Waals surface area contributed by atoms with E-state index in [0.29, 0.717) is 18.0 Å². The summed E-state index contributed by atoms with van der Waals surface area (Å²) in [7, 11) is 1.64. The largest absolute Gasteiger partial charge is 0.497 e. The van der Waals surface area contributed by atoms with E-state index in [4.69, 9.17) is 13.9 Å². The maximum atomic E-state index is 12.8. The number of carbonyl (C=O) groups is 1. The number of benzene rings is 2. The number of aromatic nitrogens is 2. The normalized spacial score (nSPS) is 10.9. The Balaban J connectivity index is 1.42. The van der Waals surface area contributed by atoms with Gasteiger partial charge in [-0.3, -0.25) is 9.48 Å². The molecule has 0 aliphatic heterocycles. The van der Waals surface area contributed by atoms with Gasteiger partial charge in [-0.25, -0.2) is 0 Å². The van der Waals surface area contributed by atoms with Crippen molar-refractivity contribution in [3.8, 4) is 11.5 Å². The highest BCUT2D eigenvalue weighted by Crippen LogP contribution is 2.23. The van der Waals surface area contributed by atoms with E-state index in [1.165, 1.54) is 0 Å². The summed E-state index contributed by atoms with van der Waals surface area (Å²) in [5.41, 5.74) is 5.59. The van der Waals surface area contributed by atoms with Gasteiger partial charge in [0.15, 0.2) is 5.76 Å². The Labute approximate surface area is 199 Å². The van der Waals surface area contributed by atoms with Crippen LogP contribution in [-0.2, 0) is 13.2 Å². The number of rotatable bonds is 8. The maximum absolute atomic E-state index is 12.8. The number of nitrogens with zero attached hydrogens (tertiary/aromatic N) is 2. The van der Waals surface area contributed by atoms with Gasteiger partial charge in [-0.2, -0.15) is 5.10 Å². The quantitative estimate of drug-likeness (QED) is 0.371. The van der Waals surface area contributed by atoms with Gasteiger partial charge in [-0.05, 0) is 80.8 Å². The molecule has 0 bridgehead atoms. The standard InChI is InChI=1S/C27H29N3O4/c1-17-11-18(2)13-24(12-17)33-16-23-9-10-25(34-23)27(31)28-26-19(3)29-30(20(26)4)15-21-7-6-8-22(14-21)32-5/h6-14H,15-16H2,1-5H3,(H,28,31). The maximum Gasteiger partial charge on any atom is 0.291 e. The molecule has 0 aliphatic carbocycles. The SMILES string of the molecule is COc1cccc(Cn2nc(C)c(NC(=O)c3ccc(COc4cc(C)cc(C)c4)o3)c2C)c1. The highest BCUT2D eigenvalue weighted by Gasteiger charge is 2.18. The monoisotopic (exact) mass is 459 g/mol. The minimum Gasteiger partial charge on any atom is -0.497 e. The Bertz CT molecular complexity index is 1300. The molecule has 2 aromatic carbocycles. The molecule has 1 N–H and O–H groups in total. The molecule has 0 saturated heterocycles. The topological polar surface area (TPSA) is 78.5 Å². The van der Waals surface area contributed by atoms with E-state index in [2.05, 4.69) is 16.5 Å². The third kappa shape index (κ3) is 5.31. The molecule has 0 saturated carbocycles. The van der Waals surface area contributed by atoms with Crippen LogP contribution in [0.1, 0.15) is 44.4 Å². The summed E-state index contributed by atoms with van der Waals surface area (Å²) in [5, 5.41) is 7.54. The molecule has 7 heteroatoms. The van der Waals surface area contributed by atoms with E-state index in [1.54, 1.807) is 19.2 Å². The zero-order chi connectivity index (χ0) is 24.2. The van der Waals surface area contributed by atoms with Crippen molar-refractivity contribution >= 4 is 11.6 Å². The summed E-state index contributed by atoms with van der Waals surface area (Å²) in [6, 6.07) is 17.3. The number of hydrogen-bond donors (Lipinski definition) is 1. The van der Waals surface area contributed by atoms with E-state index >= 15 is 0 Å². The van der Waals surface area contributed by atoms with Crippen molar-refractivity contribution < 1.29 is 18.7 Å². The zero-order valence-corrected chi connectivity index (χ0v) is 20.1. The van der Waals surface area contributed by atoms with Gasteiger partial charge < -0.3 is 19.2 Å². The molecule has 0 spiro atoms. The van der Waals surface area contributed by atoms with Crippen molar-refractivity contribution in [3.05, 3.63) is 94.2 Å². The van der Waals surface area contributed by atoms with E-state index in [9.17, 15) is 4.79 Å². The number of nitrogens with one attached hydrogen (secondary N) is 1. The van der Waals surface area contributed by atoms with Crippen LogP contribution in [-0.4, -0.2) is 22.8 Å². The van der Waals surface area contributed by atoms with Crippen molar-refractivity contribution in [2.24, 2.45) is 0 Å². The fourth-order valence-electron chi connectivity index (χ4n) is 3.90. The fourth-order valence-corrected chi connectivity index (χ4v) is 3.90. The first-order valence-electron chi connectivity index (χ1n) is 11.1. The van der Waals surface area contributed by atoms with Crippen LogP contribution in [0.4, 0.5) is 5.69 Å². The second kappa shape index (κ2) is 9.87. The highest BCUT2D eigenvalue weighted by atomic mass is 16.5. The number of amides is 1. The third-order valence-electron chi connectivity index (χ3n) is 5.55. The van der Waals surface area contributed by atoms with Crippen LogP contribution in [0.3, 0.4) is 0 Å². The van der Waals surface area contributed by atoms with Crippen LogP contribution in [0.5, 0.6) is 11.5 Å². The third-order valence-corrected chi connectivity index (χ3v) is 5.55. The summed E-state index contributed by atoms with van der Waals surface area (Å²) in [6.07, 6.45) is 0. The number of furan rings is 1. The van der Waals surface area contributed by atoms with Crippen molar-refractivity contribution in [2.45, 2.75) is 40.8 Å². The Morgan fingerprint density at radius 1 is 1.00 bits per heavy atom. The first-order chi connectivity index (χ1) is 16.3. The molecule has 4 aromatic rings. The van der Waals surface area contributed by atoms with E-state index in [-0.39, 0.29) is 18.3 Å². The first kappa shape index (κ1) is 23.2. The van der Waals surface area contributed by atoms with E-state index in [1.807, 2.05) is 68.8 Å². The average molecular weight is 460 g/mol. The lowest BCUT2D eigenvalue weighted by Crippen LogP contribution is -2.12. The van der Waals surface area contributed by atoms with Gasteiger partial charge in [-0.1, -0.05) is 18.2 Å². The molecule has 4 rings (SSSR count). The molecule has 34 heavy (non-hydrogen) atoms. The van der Waals surface area contributed by atoms with Crippen LogP contribution in [0.15, 0.2) is 59.0 Å². The molecule has 0 radical (unpaired) electrons. The lowest BCUT2D eigenvalue weighted by molar-refractivity contribution is 0.0992. The smallest absolute Gasteiger partial charge is 0.291 e. The molecule has 7 nitrogen and oxygen atoms in total. The molecule has 2 heterocycles. The molecule has 176 valence electrons. The second-order valence-corrected chi connectivity index (χ2v) is 8.39. The van der Waals surface area contributed by atoms with Crippen molar-refractivity contribution in [2.75, 3.05) is 12.4 Å². The summed E-state index contributed by atoms with van der Waals surface area (Å²) < 4.78 is 18.7. The van der Waals surface area contributed by atoms with Gasteiger partial charge in [0.05, 0.1) is 30.7 Å². The summed E-state index contributed by atoms with van der Waals surface area (Å²) in [5.74, 6) is 2.03. The molecule has 2 aromatic heterocycles. The minimum atomic E-state index is -0.329. The van der Waals surface area contributed by atoms with Crippen molar-refractivity contribution in [3.63, 3.8) is 0 Å². The predicted octanol–water partition coefficient (Wildman–Crippen LogP) is 5.60. The summed E-state index contributed by atoms with van der Waals surface area (Å²) in [6.45, 7) is 8.67. The number of ether oxygens (including phenoxy) is 2. The number of aryl methyl sites for hydroxylation is 3. The Morgan fingerprint density at radius 3 is 2.50 bits per heavy atom. The lowest BCUT2D eigenvalue weighted by Gasteiger charge is -2.08. The van der Waals surface area contributed by atoms with Gasteiger partial charge in [0.1, 0.15) is 23.9 Å². The second-order valence-electron chi connectivity index (χ2n) is 8.39. The predicted molar refractivity (Wildman–Crippen MR) is 131 cm³/mol. The van der Waals surface area contributed by atoms with E-state index in [0.717, 1.165) is 39.6 Å². The Kier molecular flexibility index (Phi) is 6.72. The molecule has 0 unspecified atom stereocenters. The number of hydrogen-bond acceptors (Lipinski definition) is 5. The average Bonchev–Trinajstić information content (AvgIpc) is 3.38. The Hall–Kier alpha value is -4.00. The molecule has 0 aliphatic rings. The molecule has 0 fully saturated rings. The summed E-state index contributed by atoms with van der Waals surface area (Å²) >= 11 is 0. The zero-order valence-electron chi connectivity index (χ0n) is 20.1. The molecular formula is C27H29N3O4. The number of anilines is 1. The number of methoxy groups -OCH3 is 1. The van der Waals surface area contributed by atoms with Gasteiger partial charge in [0.2, 0.25) is 0 Å². The molecule has 1 amide bonds. The number of carbonyl (C=O) groups excluding carboxylic acids is 1. The first-order valence-corrected chi connectivity index (χ1v) is 11.1. The van der Waals surface area contributed by atoms with Gasteiger partial charge in [0, 0.05) is 0 Å². The van der Waals surface area contributed by atoms with Crippen LogP contribution in [0, 0.1) is 27.7 Å². The van der Waals surface area contributed by atoms with Crippen LogP contribution >= 0.6 is 0 Å². The molecule has 0 atom stereocenters. The van der Waals surface area contributed by atoms with Crippen LogP contribution in [0.25, 0.3) is 0 Å².